The third kappa shape index (κ3) is 5.29. The fourth-order valence-electron chi connectivity index (χ4n) is 7.97. The summed E-state index contributed by atoms with van der Waals surface area (Å²) in [5.41, 5.74) is 12.2. The van der Waals surface area contributed by atoms with Crippen LogP contribution in [0.1, 0.15) is 0 Å². The zero-order valence-electron chi connectivity index (χ0n) is 30.2. The molecule has 262 valence electrons. The van der Waals surface area contributed by atoms with Crippen LogP contribution < -0.4 is 0 Å². The molecule has 56 heavy (non-hydrogen) atoms. The molecule has 5 nitrogen and oxygen atoms in total. The highest BCUT2D eigenvalue weighted by molar-refractivity contribution is 6.22. The molecule has 0 saturated heterocycles. The van der Waals surface area contributed by atoms with Gasteiger partial charge in [-0.25, -0.2) is 15.0 Å². The fourth-order valence-corrected chi connectivity index (χ4v) is 7.97. The third-order valence-electron chi connectivity index (χ3n) is 10.7. The molecule has 3 aromatic heterocycles. The summed E-state index contributed by atoms with van der Waals surface area (Å²) in [5, 5.41) is 4.54. The van der Waals surface area contributed by atoms with Gasteiger partial charge in [-0.05, 0) is 41.0 Å². The van der Waals surface area contributed by atoms with Gasteiger partial charge in [0.1, 0.15) is 5.58 Å². The Morgan fingerprint density at radius 2 is 0.786 bits per heavy atom. The van der Waals surface area contributed by atoms with Crippen LogP contribution in [0.2, 0.25) is 0 Å². The lowest BCUT2D eigenvalue weighted by Crippen LogP contribution is -2.00. The van der Waals surface area contributed by atoms with Gasteiger partial charge in [-0.2, -0.15) is 0 Å². The molecule has 8 aromatic carbocycles. The Morgan fingerprint density at radius 1 is 0.321 bits per heavy atom. The van der Waals surface area contributed by atoms with Crippen molar-refractivity contribution in [3.8, 4) is 62.1 Å². The molecule has 0 aliphatic carbocycles. The number of fused-ring (bicyclic) bond motifs is 7. The van der Waals surface area contributed by atoms with Crippen LogP contribution in [0.4, 0.5) is 0 Å². The molecule has 0 amide bonds. The normalized spacial score (nSPS) is 11.6. The fraction of sp³-hybridized carbons (Fsp3) is 0. The number of benzene rings is 8. The zero-order chi connectivity index (χ0) is 37.0. The van der Waals surface area contributed by atoms with Crippen LogP contribution in [0.25, 0.3) is 106 Å². The largest absolute Gasteiger partial charge is 0.453 e. The van der Waals surface area contributed by atoms with Gasteiger partial charge in [-0.3, -0.25) is 0 Å². The Balaban J connectivity index is 1.02. The van der Waals surface area contributed by atoms with E-state index < -0.39 is 0 Å². The van der Waals surface area contributed by atoms with Crippen molar-refractivity contribution in [3.63, 3.8) is 0 Å². The van der Waals surface area contributed by atoms with Gasteiger partial charge in [0.15, 0.2) is 23.1 Å². The maximum atomic E-state index is 6.97. The first-order valence-corrected chi connectivity index (χ1v) is 18.8. The Labute approximate surface area is 322 Å². The molecule has 11 rings (SSSR count). The van der Waals surface area contributed by atoms with Crippen molar-refractivity contribution in [1.29, 1.82) is 0 Å². The minimum Gasteiger partial charge on any atom is -0.453 e. The lowest BCUT2D eigenvalue weighted by molar-refractivity contribution is 0.672. The Hall–Kier alpha value is -7.63. The van der Waals surface area contributed by atoms with Gasteiger partial charge in [0.25, 0.3) is 0 Å². The van der Waals surface area contributed by atoms with Crippen molar-refractivity contribution in [1.82, 2.24) is 19.5 Å². The van der Waals surface area contributed by atoms with E-state index in [1.54, 1.807) is 0 Å². The molecule has 11 aromatic rings. The van der Waals surface area contributed by atoms with Crippen molar-refractivity contribution in [2.45, 2.75) is 0 Å². The molecular formula is C51H32N4O. The van der Waals surface area contributed by atoms with Crippen LogP contribution in [0.3, 0.4) is 0 Å². The molecule has 3 heterocycles. The number of furan rings is 1. The number of nitrogens with zero attached hydrogens (tertiary/aromatic N) is 4. The van der Waals surface area contributed by atoms with E-state index in [4.69, 9.17) is 19.4 Å². The number of hydrogen-bond acceptors (Lipinski definition) is 4. The third-order valence-corrected chi connectivity index (χ3v) is 10.7. The van der Waals surface area contributed by atoms with Crippen molar-refractivity contribution in [2.24, 2.45) is 0 Å². The van der Waals surface area contributed by atoms with E-state index >= 15 is 0 Å². The molecule has 0 fully saturated rings. The van der Waals surface area contributed by atoms with Crippen LogP contribution in [-0.2, 0) is 0 Å². The van der Waals surface area contributed by atoms with Crippen LogP contribution in [0, 0.1) is 0 Å². The molecule has 5 heteroatoms. The molecule has 0 aliphatic heterocycles. The van der Waals surface area contributed by atoms with E-state index in [0.717, 1.165) is 72.0 Å². The lowest BCUT2D eigenvalue weighted by atomic mass is 10.0. The van der Waals surface area contributed by atoms with Gasteiger partial charge in [-0.1, -0.05) is 170 Å². The highest BCUT2D eigenvalue weighted by atomic mass is 16.3. The van der Waals surface area contributed by atoms with Gasteiger partial charge in [0, 0.05) is 49.5 Å². The SMILES string of the molecule is c1ccc(-c2ccc(-c3nc(-c4ccccc4)nc(-c4ccc(-c5cccc6c5oc5c6ccc6c7ccccc7n(-c7ccccc7)c65)cc4)n3)cc2)cc1. The topological polar surface area (TPSA) is 56.7 Å². The molecular weight excluding hydrogens is 685 g/mol. The molecule has 0 N–H and O–H groups in total. The van der Waals surface area contributed by atoms with Crippen molar-refractivity contribution >= 4 is 43.7 Å². The summed E-state index contributed by atoms with van der Waals surface area (Å²) in [6.45, 7) is 0. The smallest absolute Gasteiger partial charge is 0.164 e. The monoisotopic (exact) mass is 716 g/mol. The van der Waals surface area contributed by atoms with Crippen LogP contribution in [0.5, 0.6) is 0 Å². The van der Waals surface area contributed by atoms with E-state index in [0.29, 0.717) is 17.5 Å². The summed E-state index contributed by atoms with van der Waals surface area (Å²) < 4.78 is 9.30. The number of aromatic nitrogens is 4. The molecule has 0 bridgehead atoms. The average molecular weight is 717 g/mol. The van der Waals surface area contributed by atoms with Crippen molar-refractivity contribution in [3.05, 3.63) is 194 Å². The summed E-state index contributed by atoms with van der Waals surface area (Å²) in [5.74, 6) is 1.88. The van der Waals surface area contributed by atoms with Gasteiger partial charge in [-0.15, -0.1) is 0 Å². The highest BCUT2D eigenvalue weighted by Gasteiger charge is 2.20. The van der Waals surface area contributed by atoms with Crippen molar-refractivity contribution < 1.29 is 4.42 Å². The first kappa shape index (κ1) is 31.9. The van der Waals surface area contributed by atoms with Crippen molar-refractivity contribution in [2.75, 3.05) is 0 Å². The Kier molecular flexibility index (Phi) is 7.42. The van der Waals surface area contributed by atoms with Crippen LogP contribution in [0.15, 0.2) is 199 Å². The zero-order valence-corrected chi connectivity index (χ0v) is 30.2. The predicted octanol–water partition coefficient (Wildman–Crippen LogP) is 13.2. The number of para-hydroxylation sites is 3. The van der Waals surface area contributed by atoms with Gasteiger partial charge in [0.05, 0.1) is 11.0 Å². The second kappa shape index (κ2) is 13.0. The molecule has 0 unspecified atom stereocenters. The number of hydrogen-bond donors (Lipinski definition) is 0. The minimum atomic E-state index is 0.616. The first-order valence-electron chi connectivity index (χ1n) is 18.8. The van der Waals surface area contributed by atoms with Crippen LogP contribution >= 0.6 is 0 Å². The second-order valence-corrected chi connectivity index (χ2v) is 14.0. The average Bonchev–Trinajstić information content (AvgIpc) is 3.84. The maximum Gasteiger partial charge on any atom is 0.164 e. The quantitative estimate of drug-likeness (QED) is 0.172. The first-order chi connectivity index (χ1) is 27.8. The van der Waals surface area contributed by atoms with E-state index in [1.807, 2.05) is 36.4 Å². The molecule has 0 aliphatic rings. The molecule has 0 radical (unpaired) electrons. The summed E-state index contributed by atoms with van der Waals surface area (Å²) in [6, 6.07) is 67.3. The predicted molar refractivity (Wildman–Crippen MR) is 229 cm³/mol. The lowest BCUT2D eigenvalue weighted by Gasteiger charge is -2.10. The highest BCUT2D eigenvalue weighted by Crippen LogP contribution is 2.42. The Morgan fingerprint density at radius 3 is 1.45 bits per heavy atom. The standard InChI is InChI=1S/C51H32N4O/c1-4-13-33(14-5-1)34-23-27-37(28-24-34)50-52-49(36-15-6-2-7-16-36)53-51(54-50)38-29-25-35(26-30-38)40-20-12-21-43-44-32-31-42-41-19-10-11-22-45(41)55(39-17-8-3-9-18-39)46(42)48(44)56-47(40)43/h1-32H. The summed E-state index contributed by atoms with van der Waals surface area (Å²) in [6.07, 6.45) is 0. The number of rotatable bonds is 6. The summed E-state index contributed by atoms with van der Waals surface area (Å²) in [7, 11) is 0. The van der Waals surface area contributed by atoms with E-state index in [2.05, 4.69) is 162 Å². The van der Waals surface area contributed by atoms with Gasteiger partial charge >= 0.3 is 0 Å². The van der Waals surface area contributed by atoms with E-state index in [9.17, 15) is 0 Å². The van der Waals surface area contributed by atoms with Crippen LogP contribution in [-0.4, -0.2) is 19.5 Å². The van der Waals surface area contributed by atoms with E-state index in [1.165, 1.54) is 16.3 Å². The second-order valence-electron chi connectivity index (χ2n) is 14.0. The summed E-state index contributed by atoms with van der Waals surface area (Å²) in [4.78, 5) is 14.9. The summed E-state index contributed by atoms with van der Waals surface area (Å²) >= 11 is 0. The minimum absolute atomic E-state index is 0.616. The van der Waals surface area contributed by atoms with E-state index in [-0.39, 0.29) is 0 Å². The molecule has 0 saturated carbocycles. The van der Waals surface area contributed by atoms with Gasteiger partial charge < -0.3 is 8.98 Å². The maximum absolute atomic E-state index is 6.97. The molecule has 0 spiro atoms. The van der Waals surface area contributed by atoms with Gasteiger partial charge in [0.2, 0.25) is 0 Å². The Bertz CT molecular complexity index is 3200. The molecule has 0 atom stereocenters.